The Balaban J connectivity index is 1.43. The molecular weight excluding hydrogens is 360 g/mol. The molecule has 3 aromatic rings. The average molecular weight is 385 g/mol. The second kappa shape index (κ2) is 7.70. The lowest BCUT2D eigenvalue weighted by Gasteiger charge is -2.24. The predicted molar refractivity (Wildman–Crippen MR) is 108 cm³/mol. The Kier molecular flexibility index (Phi) is 5.13. The largest absolute Gasteiger partial charge is 0.494 e. The van der Waals surface area contributed by atoms with E-state index in [4.69, 9.17) is 4.74 Å². The van der Waals surface area contributed by atoms with Gasteiger partial charge in [-0.15, -0.1) is 0 Å². The van der Waals surface area contributed by atoms with Crippen LogP contribution < -0.4 is 10.1 Å². The van der Waals surface area contributed by atoms with Gasteiger partial charge in [0, 0.05) is 18.9 Å². The summed E-state index contributed by atoms with van der Waals surface area (Å²) in [5.74, 6) is 0.814. The topological polar surface area (TPSA) is 59.4 Å². The lowest BCUT2D eigenvalue weighted by Crippen LogP contribution is -2.33. The number of ether oxygens (including phenoxy) is 1. The monoisotopic (exact) mass is 384 g/mol. The van der Waals surface area contributed by atoms with E-state index in [1.807, 2.05) is 25.1 Å². The Bertz CT molecular complexity index is 949. The van der Waals surface area contributed by atoms with Crippen LogP contribution in [0.5, 0.6) is 5.75 Å². The summed E-state index contributed by atoms with van der Waals surface area (Å²) in [5.41, 5.74) is 2.14. The number of carbonyl (C=O) groups is 1. The summed E-state index contributed by atoms with van der Waals surface area (Å²) >= 11 is 1.48. The molecule has 1 aromatic carbocycles. The summed E-state index contributed by atoms with van der Waals surface area (Å²) in [7, 11) is 2.06. The lowest BCUT2D eigenvalue weighted by atomic mass is 10.1. The number of benzene rings is 1. The molecule has 1 aliphatic heterocycles. The Labute approximate surface area is 162 Å². The number of hydrogen-bond donors (Lipinski definition) is 1. The zero-order chi connectivity index (χ0) is 18.8. The quantitative estimate of drug-likeness (QED) is 0.702. The summed E-state index contributed by atoms with van der Waals surface area (Å²) in [6.07, 6.45) is 4.26. The molecule has 6 nitrogen and oxygen atoms in total. The van der Waals surface area contributed by atoms with Crippen molar-refractivity contribution in [1.82, 2.24) is 14.5 Å². The van der Waals surface area contributed by atoms with Gasteiger partial charge in [0.25, 0.3) is 0 Å². The number of anilines is 1. The molecule has 1 saturated heterocycles. The van der Waals surface area contributed by atoms with Crippen molar-refractivity contribution in [2.24, 2.45) is 7.05 Å². The molecule has 7 heteroatoms. The SMILES string of the molecule is CCOc1ccc2nc(NC(=O)CN3CCCC3c3cccn3C)sc2c1. The number of nitrogens with one attached hydrogen (secondary N) is 1. The number of thiazole rings is 1. The van der Waals surface area contributed by atoms with Crippen LogP contribution in [0.1, 0.15) is 31.5 Å². The van der Waals surface area contributed by atoms with Gasteiger partial charge in [0.2, 0.25) is 5.91 Å². The molecule has 0 aliphatic carbocycles. The van der Waals surface area contributed by atoms with E-state index in [0.717, 1.165) is 35.4 Å². The van der Waals surface area contributed by atoms with Crippen LogP contribution in [0.25, 0.3) is 10.2 Å². The van der Waals surface area contributed by atoms with Gasteiger partial charge in [0.1, 0.15) is 5.75 Å². The van der Waals surface area contributed by atoms with Gasteiger partial charge in [-0.1, -0.05) is 11.3 Å². The zero-order valence-electron chi connectivity index (χ0n) is 15.6. The first kappa shape index (κ1) is 18.0. The van der Waals surface area contributed by atoms with Crippen LogP contribution in [0.4, 0.5) is 5.13 Å². The highest BCUT2D eigenvalue weighted by Gasteiger charge is 2.29. The molecule has 2 aromatic heterocycles. The highest BCUT2D eigenvalue weighted by Crippen LogP contribution is 2.32. The third kappa shape index (κ3) is 3.84. The Morgan fingerprint density at radius 2 is 2.30 bits per heavy atom. The Morgan fingerprint density at radius 3 is 3.07 bits per heavy atom. The maximum atomic E-state index is 12.6. The number of fused-ring (bicyclic) bond motifs is 1. The number of aromatic nitrogens is 2. The van der Waals surface area contributed by atoms with Crippen LogP contribution in [0.2, 0.25) is 0 Å². The maximum absolute atomic E-state index is 12.6. The summed E-state index contributed by atoms with van der Waals surface area (Å²) < 4.78 is 8.69. The fourth-order valence-corrected chi connectivity index (χ4v) is 4.64. The number of amides is 1. The normalized spacial score (nSPS) is 17.5. The van der Waals surface area contributed by atoms with Crippen molar-refractivity contribution in [1.29, 1.82) is 0 Å². The van der Waals surface area contributed by atoms with Crippen LogP contribution in [-0.4, -0.2) is 40.1 Å². The predicted octanol–water partition coefficient (Wildman–Crippen LogP) is 3.81. The van der Waals surface area contributed by atoms with Crippen LogP contribution in [0, 0.1) is 0 Å². The van der Waals surface area contributed by atoms with Crippen LogP contribution in [0.15, 0.2) is 36.5 Å². The van der Waals surface area contributed by atoms with E-state index >= 15 is 0 Å². The van der Waals surface area contributed by atoms with E-state index in [2.05, 4.69) is 45.1 Å². The molecule has 1 amide bonds. The molecule has 0 radical (unpaired) electrons. The van der Waals surface area contributed by atoms with Gasteiger partial charge < -0.3 is 14.6 Å². The van der Waals surface area contributed by atoms with Crippen molar-refractivity contribution < 1.29 is 9.53 Å². The van der Waals surface area contributed by atoms with E-state index in [9.17, 15) is 4.79 Å². The minimum atomic E-state index is -0.0137. The van der Waals surface area contributed by atoms with Crippen LogP contribution in [0.3, 0.4) is 0 Å². The number of aryl methyl sites for hydroxylation is 1. The molecule has 1 fully saturated rings. The first-order valence-corrected chi connectivity index (χ1v) is 10.1. The molecular formula is C20H24N4O2S. The van der Waals surface area contributed by atoms with E-state index in [1.165, 1.54) is 17.0 Å². The fraction of sp³-hybridized carbons (Fsp3) is 0.400. The standard InChI is InChI=1S/C20H24N4O2S/c1-3-26-14-8-9-15-18(12-14)27-20(21-15)22-19(25)13-24-11-5-7-17(24)16-6-4-10-23(16)2/h4,6,8-10,12,17H,3,5,7,11,13H2,1-2H3,(H,21,22,25). The lowest BCUT2D eigenvalue weighted by molar-refractivity contribution is -0.117. The molecule has 142 valence electrons. The number of hydrogen-bond acceptors (Lipinski definition) is 5. The van der Waals surface area contributed by atoms with Crippen molar-refractivity contribution in [2.45, 2.75) is 25.8 Å². The first-order chi connectivity index (χ1) is 13.1. The Morgan fingerprint density at radius 1 is 1.41 bits per heavy atom. The van der Waals surface area contributed by atoms with Gasteiger partial charge >= 0.3 is 0 Å². The van der Waals surface area contributed by atoms with Gasteiger partial charge in [0.15, 0.2) is 5.13 Å². The summed E-state index contributed by atoms with van der Waals surface area (Å²) in [4.78, 5) is 19.4. The Hall–Kier alpha value is -2.38. The molecule has 0 bridgehead atoms. The maximum Gasteiger partial charge on any atom is 0.240 e. The second-order valence-electron chi connectivity index (χ2n) is 6.80. The third-order valence-corrected chi connectivity index (χ3v) is 5.89. The molecule has 1 unspecified atom stereocenters. The zero-order valence-corrected chi connectivity index (χ0v) is 16.5. The van der Waals surface area contributed by atoms with Gasteiger partial charge in [-0.05, 0) is 56.6 Å². The number of carbonyl (C=O) groups excluding carboxylic acids is 1. The van der Waals surface area contributed by atoms with Crippen LogP contribution >= 0.6 is 11.3 Å². The van der Waals surface area contributed by atoms with E-state index < -0.39 is 0 Å². The van der Waals surface area contributed by atoms with E-state index in [0.29, 0.717) is 24.3 Å². The molecule has 1 atom stereocenters. The van der Waals surface area contributed by atoms with Gasteiger partial charge in [-0.25, -0.2) is 4.98 Å². The smallest absolute Gasteiger partial charge is 0.240 e. The van der Waals surface area contributed by atoms with Crippen molar-refractivity contribution in [3.8, 4) is 5.75 Å². The number of likely N-dealkylation sites (tertiary alicyclic amines) is 1. The first-order valence-electron chi connectivity index (χ1n) is 9.32. The van der Waals surface area contributed by atoms with Crippen molar-refractivity contribution >= 4 is 32.6 Å². The van der Waals surface area contributed by atoms with Crippen molar-refractivity contribution in [2.75, 3.05) is 25.0 Å². The third-order valence-electron chi connectivity index (χ3n) is 4.95. The minimum absolute atomic E-state index is 0.0137. The van der Waals surface area contributed by atoms with E-state index in [1.54, 1.807) is 0 Å². The molecule has 3 heterocycles. The van der Waals surface area contributed by atoms with Crippen molar-refractivity contribution in [3.05, 3.63) is 42.2 Å². The number of rotatable bonds is 6. The molecule has 1 aliphatic rings. The molecule has 27 heavy (non-hydrogen) atoms. The summed E-state index contributed by atoms with van der Waals surface area (Å²) in [5, 5.41) is 3.61. The minimum Gasteiger partial charge on any atom is -0.494 e. The van der Waals surface area contributed by atoms with Gasteiger partial charge in [-0.2, -0.15) is 0 Å². The van der Waals surface area contributed by atoms with Gasteiger partial charge in [-0.3, -0.25) is 9.69 Å². The summed E-state index contributed by atoms with van der Waals surface area (Å²) in [6, 6.07) is 10.3. The van der Waals surface area contributed by atoms with Crippen molar-refractivity contribution in [3.63, 3.8) is 0 Å². The van der Waals surface area contributed by atoms with Gasteiger partial charge in [0.05, 0.1) is 29.4 Å². The molecule has 4 rings (SSSR count). The number of nitrogens with zero attached hydrogens (tertiary/aromatic N) is 3. The second-order valence-corrected chi connectivity index (χ2v) is 7.83. The van der Waals surface area contributed by atoms with E-state index in [-0.39, 0.29) is 5.91 Å². The summed E-state index contributed by atoms with van der Waals surface area (Å²) in [6.45, 7) is 3.92. The van der Waals surface area contributed by atoms with Crippen LogP contribution in [-0.2, 0) is 11.8 Å². The fourth-order valence-electron chi connectivity index (χ4n) is 3.73. The highest BCUT2D eigenvalue weighted by atomic mass is 32.1. The molecule has 0 spiro atoms. The average Bonchev–Trinajstić information content (AvgIpc) is 3.34. The molecule has 1 N–H and O–H groups in total. The molecule has 0 saturated carbocycles. The highest BCUT2D eigenvalue weighted by molar-refractivity contribution is 7.22.